The number of pyridine rings is 1. The largest absolute Gasteiger partial charge is 0.381 e. The van der Waals surface area contributed by atoms with E-state index in [4.69, 9.17) is 0 Å². The van der Waals surface area contributed by atoms with Crippen molar-refractivity contribution in [2.24, 2.45) is 0 Å². The summed E-state index contributed by atoms with van der Waals surface area (Å²) in [6.07, 6.45) is 6.68. The van der Waals surface area contributed by atoms with Crippen LogP contribution in [0.15, 0.2) is 48.5 Å². The zero-order chi connectivity index (χ0) is 14.1. The topological polar surface area (TPSA) is 26.2 Å². The maximum Gasteiger partial charge on any atom is 0.213 e. The second kappa shape index (κ2) is 5.36. The Kier molecular flexibility index (Phi) is 3.23. The van der Waals surface area contributed by atoms with Gasteiger partial charge < -0.3 is 5.32 Å². The van der Waals surface area contributed by atoms with Crippen LogP contribution in [0.3, 0.4) is 0 Å². The van der Waals surface area contributed by atoms with Crippen molar-refractivity contribution in [1.29, 1.82) is 0 Å². The van der Waals surface area contributed by atoms with Crippen LogP contribution < -0.4 is 10.3 Å². The van der Waals surface area contributed by atoms with Gasteiger partial charge in [-0.3, -0.25) is 0 Å². The van der Waals surface area contributed by atoms with Crippen molar-refractivity contribution in [3.8, 4) is 0 Å². The van der Waals surface area contributed by atoms with Crippen LogP contribution in [0.2, 0.25) is 0 Å². The predicted octanol–water partition coefficient (Wildman–Crippen LogP) is 4.55. The van der Waals surface area contributed by atoms with E-state index in [1.54, 1.807) is 0 Å². The number of benzene rings is 2. The van der Waals surface area contributed by atoms with Crippen LogP contribution in [0.5, 0.6) is 0 Å². The molecule has 4 rings (SSSR count). The van der Waals surface area contributed by atoms with Crippen LogP contribution in [0.25, 0.3) is 21.8 Å². The van der Waals surface area contributed by atoms with Crippen molar-refractivity contribution in [2.45, 2.75) is 38.1 Å². The summed E-state index contributed by atoms with van der Waals surface area (Å²) in [7, 11) is 0. The molecule has 0 saturated heterocycles. The molecule has 0 spiro atoms. The molecule has 0 bridgehead atoms. The zero-order valence-electron chi connectivity index (χ0n) is 12.2. The highest BCUT2D eigenvalue weighted by atomic mass is 14.9. The molecule has 3 aromatic rings. The normalized spacial score (nSPS) is 16.4. The molecule has 21 heavy (non-hydrogen) atoms. The van der Waals surface area contributed by atoms with Crippen molar-refractivity contribution >= 4 is 27.5 Å². The summed E-state index contributed by atoms with van der Waals surface area (Å²) >= 11 is 0. The van der Waals surface area contributed by atoms with Crippen molar-refractivity contribution in [2.75, 3.05) is 5.32 Å². The van der Waals surface area contributed by atoms with E-state index in [1.165, 1.54) is 59.6 Å². The molecule has 1 aliphatic carbocycles. The molecule has 0 aliphatic heterocycles. The van der Waals surface area contributed by atoms with Crippen LogP contribution in [-0.2, 0) is 0 Å². The second-order valence-corrected chi connectivity index (χ2v) is 6.07. The van der Waals surface area contributed by atoms with Gasteiger partial charge in [0.15, 0.2) is 0 Å². The van der Waals surface area contributed by atoms with Crippen LogP contribution in [-0.4, -0.2) is 6.04 Å². The van der Waals surface area contributed by atoms with Crippen molar-refractivity contribution in [3.63, 3.8) is 0 Å². The fourth-order valence-corrected chi connectivity index (χ4v) is 3.52. The lowest BCUT2D eigenvalue weighted by Crippen LogP contribution is -2.23. The summed E-state index contributed by atoms with van der Waals surface area (Å²) in [6, 6.07) is 17.8. The lowest BCUT2D eigenvalue weighted by Gasteiger charge is -2.24. The maximum atomic E-state index is 3.85. The molecule has 106 valence electrons. The molecule has 1 aliphatic rings. The average molecular weight is 277 g/mol. The smallest absolute Gasteiger partial charge is 0.213 e. The lowest BCUT2D eigenvalue weighted by atomic mass is 9.94. The molecule has 1 aromatic heterocycles. The van der Waals surface area contributed by atoms with Crippen LogP contribution in [0.1, 0.15) is 32.1 Å². The van der Waals surface area contributed by atoms with E-state index in [0.29, 0.717) is 6.04 Å². The SMILES string of the molecule is c1ccc2c(NC3CCCCC3)c3ccccc3[nH+]c2c1. The third-order valence-corrected chi connectivity index (χ3v) is 4.62. The molecule has 2 aromatic carbocycles. The summed E-state index contributed by atoms with van der Waals surface area (Å²) in [5.74, 6) is 0. The van der Waals surface area contributed by atoms with Gasteiger partial charge in [0.1, 0.15) is 0 Å². The van der Waals surface area contributed by atoms with Gasteiger partial charge in [-0.25, -0.2) is 4.98 Å². The first kappa shape index (κ1) is 12.6. The quantitative estimate of drug-likeness (QED) is 0.683. The Balaban J connectivity index is 1.89. The lowest BCUT2D eigenvalue weighted by molar-refractivity contribution is -0.310. The fraction of sp³-hybridized carbons (Fsp3) is 0.316. The first-order valence-corrected chi connectivity index (χ1v) is 8.01. The molecule has 0 amide bonds. The molecule has 0 radical (unpaired) electrons. The molecule has 1 saturated carbocycles. The number of aromatic amines is 1. The van der Waals surface area contributed by atoms with E-state index in [0.717, 1.165) is 0 Å². The first-order chi connectivity index (χ1) is 10.4. The Labute approximate surface area is 125 Å². The minimum Gasteiger partial charge on any atom is -0.381 e. The van der Waals surface area contributed by atoms with Crippen molar-refractivity contribution < 1.29 is 4.98 Å². The van der Waals surface area contributed by atoms with E-state index in [1.807, 2.05) is 0 Å². The number of para-hydroxylation sites is 2. The maximum absolute atomic E-state index is 3.85. The Morgan fingerprint density at radius 3 is 1.95 bits per heavy atom. The van der Waals surface area contributed by atoms with Crippen molar-refractivity contribution in [3.05, 3.63) is 48.5 Å². The first-order valence-electron chi connectivity index (χ1n) is 8.01. The highest BCUT2D eigenvalue weighted by Gasteiger charge is 2.18. The molecular formula is C19H21N2+. The van der Waals surface area contributed by atoms with Crippen LogP contribution >= 0.6 is 0 Å². The molecule has 2 heteroatoms. The molecule has 1 fully saturated rings. The Bertz CT molecular complexity index is 719. The molecule has 1 heterocycles. The standard InChI is InChI=1S/C19H20N2/c1-2-8-14(9-3-1)20-19-15-10-4-6-12-17(15)21-18-13-7-5-11-16(18)19/h4-7,10-14H,1-3,8-9H2,(H,20,21)/p+1. The minimum absolute atomic E-state index is 0.618. The Hall–Kier alpha value is -2.09. The van der Waals surface area contributed by atoms with E-state index in [-0.39, 0.29) is 0 Å². The highest BCUT2D eigenvalue weighted by Crippen LogP contribution is 2.31. The van der Waals surface area contributed by atoms with Gasteiger partial charge in [-0.2, -0.15) is 0 Å². The second-order valence-electron chi connectivity index (χ2n) is 6.07. The monoisotopic (exact) mass is 277 g/mol. The number of H-pyrrole nitrogens is 1. The van der Waals surface area contributed by atoms with E-state index in [9.17, 15) is 0 Å². The highest BCUT2D eigenvalue weighted by molar-refractivity contribution is 6.04. The number of rotatable bonds is 2. The van der Waals surface area contributed by atoms with Gasteiger partial charge in [-0.15, -0.1) is 0 Å². The third kappa shape index (κ3) is 2.35. The van der Waals surface area contributed by atoms with Gasteiger partial charge >= 0.3 is 0 Å². The third-order valence-electron chi connectivity index (χ3n) is 4.62. The predicted molar refractivity (Wildman–Crippen MR) is 88.5 cm³/mol. The average Bonchev–Trinajstić information content (AvgIpc) is 2.55. The molecule has 2 N–H and O–H groups in total. The summed E-state index contributed by atoms with van der Waals surface area (Å²) in [4.78, 5) is 3.55. The number of hydrogen-bond acceptors (Lipinski definition) is 1. The van der Waals surface area contributed by atoms with Crippen LogP contribution in [0, 0.1) is 0 Å². The van der Waals surface area contributed by atoms with Gasteiger partial charge in [0, 0.05) is 18.2 Å². The zero-order valence-corrected chi connectivity index (χ0v) is 12.2. The van der Waals surface area contributed by atoms with Gasteiger partial charge in [-0.05, 0) is 25.0 Å². The summed E-state index contributed by atoms with van der Waals surface area (Å²) in [5, 5.41) is 6.43. The van der Waals surface area contributed by atoms with E-state index in [2.05, 4.69) is 58.8 Å². The fourth-order valence-electron chi connectivity index (χ4n) is 3.52. The number of nitrogens with one attached hydrogen (secondary N) is 2. The summed E-state index contributed by atoms with van der Waals surface area (Å²) < 4.78 is 0. The molecule has 0 atom stereocenters. The van der Waals surface area contributed by atoms with Gasteiger partial charge in [0.2, 0.25) is 11.0 Å². The number of aromatic nitrogens is 1. The number of anilines is 1. The molecule has 2 nitrogen and oxygen atoms in total. The molecular weight excluding hydrogens is 256 g/mol. The van der Waals surface area contributed by atoms with Gasteiger partial charge in [0.25, 0.3) is 0 Å². The van der Waals surface area contributed by atoms with Crippen molar-refractivity contribution in [1.82, 2.24) is 0 Å². The van der Waals surface area contributed by atoms with Gasteiger partial charge in [-0.1, -0.05) is 43.5 Å². The Morgan fingerprint density at radius 1 is 0.762 bits per heavy atom. The minimum atomic E-state index is 0.618. The van der Waals surface area contributed by atoms with Crippen LogP contribution in [0.4, 0.5) is 5.69 Å². The number of fused-ring (bicyclic) bond motifs is 2. The van der Waals surface area contributed by atoms with Gasteiger partial charge in [0.05, 0.1) is 16.5 Å². The van der Waals surface area contributed by atoms with E-state index < -0.39 is 0 Å². The van der Waals surface area contributed by atoms with E-state index >= 15 is 0 Å². The summed E-state index contributed by atoms with van der Waals surface area (Å²) in [6.45, 7) is 0. The molecule has 0 unspecified atom stereocenters. The Morgan fingerprint density at radius 2 is 1.33 bits per heavy atom. The number of hydrogen-bond donors (Lipinski definition) is 1. The summed E-state index contributed by atoms with van der Waals surface area (Å²) in [5.41, 5.74) is 3.70.